The van der Waals surface area contributed by atoms with Gasteiger partial charge in [-0.3, -0.25) is 14.4 Å². The van der Waals surface area contributed by atoms with Gasteiger partial charge in [0.05, 0.1) is 17.6 Å². The molecule has 0 radical (unpaired) electrons. The maximum atomic E-state index is 12.5. The fraction of sp³-hybridized carbons (Fsp3) is 0.304. The molecule has 0 bridgehead atoms. The molecule has 2 aromatic rings. The summed E-state index contributed by atoms with van der Waals surface area (Å²) in [6.07, 6.45) is -0.210. The minimum absolute atomic E-state index is 0.0849. The molecule has 1 aliphatic heterocycles. The van der Waals surface area contributed by atoms with Crippen molar-refractivity contribution in [3.8, 4) is 6.07 Å². The molecule has 0 saturated carbocycles. The van der Waals surface area contributed by atoms with E-state index in [1.165, 1.54) is 13.0 Å². The Labute approximate surface area is 175 Å². The average molecular weight is 405 g/mol. The van der Waals surface area contributed by atoms with Gasteiger partial charge in [0.1, 0.15) is 0 Å². The highest BCUT2D eigenvalue weighted by atomic mass is 16.5. The van der Waals surface area contributed by atoms with Crippen LogP contribution in [0.25, 0.3) is 0 Å². The van der Waals surface area contributed by atoms with Crippen molar-refractivity contribution in [2.45, 2.75) is 25.9 Å². The number of nitriles is 1. The minimum atomic E-state index is -1.02. The van der Waals surface area contributed by atoms with E-state index in [0.29, 0.717) is 24.3 Å². The Morgan fingerprint density at radius 3 is 2.73 bits per heavy atom. The number of carbonyl (C=O) groups excluding carboxylic acids is 3. The second-order valence-electron chi connectivity index (χ2n) is 7.24. The first-order valence-corrected chi connectivity index (χ1v) is 9.79. The molecule has 0 aliphatic carbocycles. The van der Waals surface area contributed by atoms with Crippen LogP contribution in [0.5, 0.6) is 0 Å². The van der Waals surface area contributed by atoms with Gasteiger partial charge in [0.2, 0.25) is 5.91 Å². The summed E-state index contributed by atoms with van der Waals surface area (Å²) in [6, 6.07) is 18.3. The van der Waals surface area contributed by atoms with Crippen molar-refractivity contribution in [1.29, 1.82) is 5.26 Å². The molecule has 0 aromatic heterocycles. The van der Waals surface area contributed by atoms with Gasteiger partial charge in [-0.2, -0.15) is 5.26 Å². The summed E-state index contributed by atoms with van der Waals surface area (Å²) in [7, 11) is 0. The first kappa shape index (κ1) is 21.1. The number of carbonyl (C=O) groups is 3. The lowest BCUT2D eigenvalue weighted by Gasteiger charge is -2.18. The summed E-state index contributed by atoms with van der Waals surface area (Å²) in [5.41, 5.74) is 1.99. The third-order valence-corrected chi connectivity index (χ3v) is 4.98. The Morgan fingerprint density at radius 1 is 1.23 bits per heavy atom. The van der Waals surface area contributed by atoms with Crippen molar-refractivity contribution in [3.05, 3.63) is 65.7 Å². The first-order chi connectivity index (χ1) is 14.5. The third-order valence-electron chi connectivity index (χ3n) is 4.98. The van der Waals surface area contributed by atoms with E-state index in [4.69, 9.17) is 10.00 Å². The molecule has 2 aromatic carbocycles. The van der Waals surface area contributed by atoms with Gasteiger partial charge >= 0.3 is 5.97 Å². The molecule has 3 rings (SSSR count). The Morgan fingerprint density at radius 2 is 2.00 bits per heavy atom. The first-order valence-electron chi connectivity index (χ1n) is 9.79. The van der Waals surface area contributed by atoms with Gasteiger partial charge in [0.15, 0.2) is 6.10 Å². The molecule has 0 spiro atoms. The zero-order valence-corrected chi connectivity index (χ0v) is 16.7. The number of amides is 2. The summed E-state index contributed by atoms with van der Waals surface area (Å²) >= 11 is 0. The highest BCUT2D eigenvalue weighted by Crippen LogP contribution is 2.20. The van der Waals surface area contributed by atoms with Crippen LogP contribution in [0, 0.1) is 17.2 Å². The van der Waals surface area contributed by atoms with Crippen molar-refractivity contribution < 1.29 is 19.1 Å². The van der Waals surface area contributed by atoms with E-state index in [0.717, 1.165) is 12.0 Å². The standard InChI is InChI=1S/C23H23N3O4/c1-16(22(28)25-20-9-5-8-18(12-20)14-24)30-23(29)19-13-21(27)26(15-19)11-10-17-6-3-2-4-7-17/h2-9,12,16,19H,10-11,13,15H2,1H3,(H,25,28)/t16-,19+/m0/s1. The lowest BCUT2D eigenvalue weighted by molar-refractivity contribution is -0.157. The number of esters is 1. The number of rotatable bonds is 7. The predicted octanol–water partition coefficient (Wildman–Crippen LogP) is 2.52. The molecule has 1 fully saturated rings. The number of nitrogens with one attached hydrogen (secondary N) is 1. The van der Waals surface area contributed by atoms with E-state index >= 15 is 0 Å². The van der Waals surface area contributed by atoms with Crippen LogP contribution in [0.2, 0.25) is 0 Å². The van der Waals surface area contributed by atoms with E-state index in [1.54, 1.807) is 23.1 Å². The number of nitrogens with zero attached hydrogens (tertiary/aromatic N) is 2. The van der Waals surface area contributed by atoms with Crippen molar-refractivity contribution in [2.24, 2.45) is 5.92 Å². The van der Waals surface area contributed by atoms with Crippen LogP contribution in [-0.2, 0) is 25.5 Å². The topological polar surface area (TPSA) is 99.5 Å². The van der Waals surface area contributed by atoms with Gasteiger partial charge < -0.3 is 15.0 Å². The maximum absolute atomic E-state index is 12.5. The fourth-order valence-electron chi connectivity index (χ4n) is 3.29. The summed E-state index contributed by atoms with van der Waals surface area (Å²) < 4.78 is 5.29. The van der Waals surface area contributed by atoms with Gasteiger partial charge in [-0.15, -0.1) is 0 Å². The lowest BCUT2D eigenvalue weighted by Crippen LogP contribution is -2.33. The maximum Gasteiger partial charge on any atom is 0.312 e. The third kappa shape index (κ3) is 5.45. The van der Waals surface area contributed by atoms with Crippen LogP contribution in [0.15, 0.2) is 54.6 Å². The number of ether oxygens (including phenoxy) is 1. The molecular formula is C23H23N3O4. The number of anilines is 1. The molecule has 1 N–H and O–H groups in total. The number of hydrogen-bond acceptors (Lipinski definition) is 5. The zero-order valence-electron chi connectivity index (χ0n) is 16.7. The number of hydrogen-bond donors (Lipinski definition) is 1. The van der Waals surface area contributed by atoms with E-state index in [2.05, 4.69) is 5.32 Å². The second kappa shape index (κ2) is 9.70. The van der Waals surface area contributed by atoms with Crippen molar-refractivity contribution >= 4 is 23.5 Å². The highest BCUT2D eigenvalue weighted by Gasteiger charge is 2.36. The van der Waals surface area contributed by atoms with Crippen LogP contribution in [-0.4, -0.2) is 41.9 Å². The van der Waals surface area contributed by atoms with Crippen LogP contribution >= 0.6 is 0 Å². The second-order valence-corrected chi connectivity index (χ2v) is 7.24. The number of benzene rings is 2. The predicted molar refractivity (Wildman–Crippen MR) is 110 cm³/mol. The Balaban J connectivity index is 1.49. The molecular weight excluding hydrogens is 382 g/mol. The SMILES string of the molecule is C[C@H](OC(=O)[C@@H]1CC(=O)N(CCc2ccccc2)C1)C(=O)Nc1cccc(C#N)c1. The van der Waals surface area contributed by atoms with E-state index < -0.39 is 23.9 Å². The molecule has 7 nitrogen and oxygen atoms in total. The molecule has 1 heterocycles. The fourth-order valence-corrected chi connectivity index (χ4v) is 3.29. The van der Waals surface area contributed by atoms with Crippen LogP contribution in [0.3, 0.4) is 0 Å². The summed E-state index contributed by atoms with van der Waals surface area (Å²) in [5, 5.41) is 11.6. The Hall–Kier alpha value is -3.66. The molecule has 30 heavy (non-hydrogen) atoms. The minimum Gasteiger partial charge on any atom is -0.452 e. The van der Waals surface area contributed by atoms with E-state index in [1.807, 2.05) is 36.4 Å². The molecule has 0 unspecified atom stereocenters. The average Bonchev–Trinajstić information content (AvgIpc) is 3.13. The van der Waals surface area contributed by atoms with Gasteiger partial charge in [-0.25, -0.2) is 0 Å². The molecule has 154 valence electrons. The largest absolute Gasteiger partial charge is 0.452 e. The lowest BCUT2D eigenvalue weighted by atomic mass is 10.1. The van der Waals surface area contributed by atoms with Crippen LogP contribution in [0.4, 0.5) is 5.69 Å². The van der Waals surface area contributed by atoms with E-state index in [-0.39, 0.29) is 12.3 Å². The van der Waals surface area contributed by atoms with Gasteiger partial charge in [-0.05, 0) is 37.1 Å². The quantitative estimate of drug-likeness (QED) is 0.714. The van der Waals surface area contributed by atoms with Crippen molar-refractivity contribution in [1.82, 2.24) is 4.90 Å². The summed E-state index contributed by atoms with van der Waals surface area (Å²) in [4.78, 5) is 38.7. The van der Waals surface area contributed by atoms with Gasteiger partial charge in [0, 0.05) is 25.2 Å². The van der Waals surface area contributed by atoms with E-state index in [9.17, 15) is 14.4 Å². The van der Waals surface area contributed by atoms with Gasteiger partial charge in [0.25, 0.3) is 5.91 Å². The van der Waals surface area contributed by atoms with Crippen LogP contribution < -0.4 is 5.32 Å². The van der Waals surface area contributed by atoms with Crippen molar-refractivity contribution in [2.75, 3.05) is 18.4 Å². The van der Waals surface area contributed by atoms with Crippen molar-refractivity contribution in [3.63, 3.8) is 0 Å². The molecule has 7 heteroatoms. The zero-order chi connectivity index (χ0) is 21.5. The summed E-state index contributed by atoms with van der Waals surface area (Å²) in [5.74, 6) is -1.72. The monoisotopic (exact) mass is 405 g/mol. The van der Waals surface area contributed by atoms with Crippen LogP contribution in [0.1, 0.15) is 24.5 Å². The number of likely N-dealkylation sites (tertiary alicyclic amines) is 1. The Kier molecular flexibility index (Phi) is 6.81. The smallest absolute Gasteiger partial charge is 0.312 e. The molecule has 1 aliphatic rings. The molecule has 2 atom stereocenters. The normalized spacial score (nSPS) is 16.6. The Bertz CT molecular complexity index is 968. The summed E-state index contributed by atoms with van der Waals surface area (Å²) in [6.45, 7) is 2.31. The highest BCUT2D eigenvalue weighted by molar-refractivity contribution is 5.95. The molecule has 1 saturated heterocycles. The molecule has 2 amide bonds. The van der Waals surface area contributed by atoms with Gasteiger partial charge in [-0.1, -0.05) is 36.4 Å².